The predicted molar refractivity (Wildman–Crippen MR) is 150 cm³/mol. The summed E-state index contributed by atoms with van der Waals surface area (Å²) in [6.07, 6.45) is 3.55. The Hall–Kier alpha value is -3.90. The number of likely N-dealkylation sites (tertiary alicyclic amines) is 1. The van der Waals surface area contributed by atoms with Gasteiger partial charge in [-0.1, -0.05) is 18.2 Å². The quantitative estimate of drug-likeness (QED) is 0.252. The Morgan fingerprint density at radius 1 is 1.05 bits per heavy atom. The Morgan fingerprint density at radius 2 is 1.77 bits per heavy atom. The lowest BCUT2D eigenvalue weighted by molar-refractivity contribution is -0.129. The van der Waals surface area contributed by atoms with Gasteiger partial charge >= 0.3 is 0 Å². The monoisotopic (exact) mass is 564 g/mol. The summed E-state index contributed by atoms with van der Waals surface area (Å²) in [7, 11) is 3.09. The number of anilines is 2. The van der Waals surface area contributed by atoms with E-state index in [9.17, 15) is 4.79 Å². The van der Waals surface area contributed by atoms with Gasteiger partial charge in [0, 0.05) is 48.5 Å². The summed E-state index contributed by atoms with van der Waals surface area (Å²) >= 11 is 2.84. The summed E-state index contributed by atoms with van der Waals surface area (Å²) < 4.78 is 16.8. The van der Waals surface area contributed by atoms with Crippen molar-refractivity contribution in [1.29, 1.82) is 0 Å². The second-order valence-electron chi connectivity index (χ2n) is 8.75. The first-order valence-electron chi connectivity index (χ1n) is 12.4. The third-order valence-corrected chi connectivity index (χ3v) is 7.79. The zero-order valence-corrected chi connectivity index (χ0v) is 23.4. The van der Waals surface area contributed by atoms with E-state index in [4.69, 9.17) is 19.2 Å². The number of rotatable bonds is 9. The van der Waals surface area contributed by atoms with E-state index in [1.54, 1.807) is 33.4 Å². The van der Waals surface area contributed by atoms with Crippen LogP contribution in [0.1, 0.15) is 31.4 Å². The molecule has 0 saturated carbocycles. The van der Waals surface area contributed by atoms with Gasteiger partial charge in [-0.05, 0) is 36.7 Å². The number of aromatic nitrogens is 4. The standard InChI is InChI=1S/C27H28N6O4S2/c1-17(34)33-11-9-18(10-12-33)21-16-38-26(29-21)32-25-22(37-19-7-5-4-6-8-19)13-20(15-28-25)39-27-30-23(35-2)14-24(31-27)36-3/h4-8,13-16,18H,9-12H2,1-3H3,(H,28,29,32). The number of nitrogens with zero attached hydrogens (tertiary/aromatic N) is 5. The fourth-order valence-corrected chi connectivity index (χ4v) is 5.68. The minimum absolute atomic E-state index is 0.129. The average Bonchev–Trinajstić information content (AvgIpc) is 3.43. The smallest absolute Gasteiger partial charge is 0.220 e. The van der Waals surface area contributed by atoms with Crippen molar-refractivity contribution in [3.63, 3.8) is 0 Å². The number of amides is 1. The summed E-state index contributed by atoms with van der Waals surface area (Å²) in [5, 5.41) is 6.59. The minimum atomic E-state index is 0.129. The third-order valence-electron chi connectivity index (χ3n) is 6.19. The van der Waals surface area contributed by atoms with Crippen LogP contribution in [0.25, 0.3) is 0 Å². The average molecular weight is 565 g/mol. The van der Waals surface area contributed by atoms with Crippen molar-refractivity contribution in [3.8, 4) is 23.3 Å². The van der Waals surface area contributed by atoms with Crippen LogP contribution in [-0.4, -0.2) is 58.1 Å². The largest absolute Gasteiger partial charge is 0.481 e. The van der Waals surface area contributed by atoms with Gasteiger partial charge in [-0.2, -0.15) is 9.97 Å². The van der Waals surface area contributed by atoms with Gasteiger partial charge in [0.1, 0.15) is 5.75 Å². The molecule has 1 N–H and O–H groups in total. The normalized spacial score (nSPS) is 13.7. The number of pyridine rings is 1. The number of carbonyl (C=O) groups is 1. The molecule has 1 aliphatic heterocycles. The molecule has 202 valence electrons. The molecule has 0 atom stereocenters. The van der Waals surface area contributed by atoms with E-state index >= 15 is 0 Å². The summed E-state index contributed by atoms with van der Waals surface area (Å²) in [5.74, 6) is 3.03. The molecule has 0 aliphatic carbocycles. The maximum absolute atomic E-state index is 11.7. The Labute approximate surface area is 234 Å². The Bertz CT molecular complexity index is 1400. The van der Waals surface area contributed by atoms with Crippen LogP contribution in [0, 0.1) is 0 Å². The van der Waals surface area contributed by atoms with E-state index in [-0.39, 0.29) is 5.91 Å². The number of benzene rings is 1. The molecular weight excluding hydrogens is 536 g/mol. The molecular formula is C27H28N6O4S2. The first kappa shape index (κ1) is 26.7. The SMILES string of the molecule is COc1cc(OC)nc(Sc2cnc(Nc3nc(C4CCN(C(C)=O)CC4)cs3)c(Oc3ccccc3)c2)n1. The lowest BCUT2D eigenvalue weighted by Crippen LogP contribution is -2.36. The predicted octanol–water partition coefficient (Wildman–Crippen LogP) is 5.76. The van der Waals surface area contributed by atoms with Crippen LogP contribution in [0.3, 0.4) is 0 Å². The molecule has 5 rings (SSSR count). The molecule has 3 aromatic heterocycles. The lowest BCUT2D eigenvalue weighted by atomic mass is 9.94. The molecule has 0 spiro atoms. The van der Waals surface area contributed by atoms with Crippen LogP contribution in [0.4, 0.5) is 10.9 Å². The highest BCUT2D eigenvalue weighted by Gasteiger charge is 2.24. The van der Waals surface area contributed by atoms with Gasteiger partial charge < -0.3 is 24.4 Å². The fourth-order valence-electron chi connectivity index (χ4n) is 4.14. The Balaban J connectivity index is 1.37. The number of carbonyl (C=O) groups excluding carboxylic acids is 1. The molecule has 0 radical (unpaired) electrons. The number of hydrogen-bond acceptors (Lipinski definition) is 11. The molecule has 1 saturated heterocycles. The second kappa shape index (κ2) is 12.3. The highest BCUT2D eigenvalue weighted by Crippen LogP contribution is 2.37. The fraction of sp³-hybridized carbons (Fsp3) is 0.296. The summed E-state index contributed by atoms with van der Waals surface area (Å²) in [6, 6.07) is 13.0. The van der Waals surface area contributed by atoms with Crippen LogP contribution in [-0.2, 0) is 4.79 Å². The van der Waals surface area contributed by atoms with Crippen molar-refractivity contribution in [2.24, 2.45) is 0 Å². The molecule has 12 heteroatoms. The number of thiazole rings is 1. The van der Waals surface area contributed by atoms with Crippen LogP contribution in [0.2, 0.25) is 0 Å². The van der Waals surface area contributed by atoms with Crippen LogP contribution >= 0.6 is 23.1 Å². The highest BCUT2D eigenvalue weighted by atomic mass is 32.2. The molecule has 0 unspecified atom stereocenters. The molecule has 1 aromatic carbocycles. The number of ether oxygens (including phenoxy) is 3. The van der Waals surface area contributed by atoms with Gasteiger partial charge in [-0.15, -0.1) is 11.3 Å². The van der Waals surface area contributed by atoms with Gasteiger partial charge in [-0.25, -0.2) is 9.97 Å². The van der Waals surface area contributed by atoms with Crippen LogP contribution in [0.15, 0.2) is 64.1 Å². The van der Waals surface area contributed by atoms with Crippen molar-refractivity contribution in [3.05, 3.63) is 59.7 Å². The van der Waals surface area contributed by atoms with Crippen LogP contribution < -0.4 is 19.5 Å². The molecule has 1 aliphatic rings. The summed E-state index contributed by atoms with van der Waals surface area (Å²) in [6.45, 7) is 3.15. The maximum Gasteiger partial charge on any atom is 0.220 e. The zero-order chi connectivity index (χ0) is 27.2. The molecule has 1 fully saturated rings. The summed E-state index contributed by atoms with van der Waals surface area (Å²) in [4.78, 5) is 32.6. The van der Waals surface area contributed by atoms with E-state index in [1.165, 1.54) is 23.1 Å². The highest BCUT2D eigenvalue weighted by molar-refractivity contribution is 7.99. The number of nitrogens with one attached hydrogen (secondary N) is 1. The van der Waals surface area contributed by atoms with Crippen molar-refractivity contribution in [2.75, 3.05) is 32.6 Å². The first-order valence-corrected chi connectivity index (χ1v) is 14.1. The van der Waals surface area contributed by atoms with E-state index in [0.717, 1.165) is 41.7 Å². The number of methoxy groups -OCH3 is 2. The van der Waals surface area contributed by atoms with Crippen molar-refractivity contribution in [2.45, 2.75) is 35.7 Å². The lowest BCUT2D eigenvalue weighted by Gasteiger charge is -2.30. The number of para-hydroxylation sites is 1. The third kappa shape index (κ3) is 6.76. The minimum Gasteiger partial charge on any atom is -0.481 e. The van der Waals surface area contributed by atoms with Crippen molar-refractivity contribution < 1.29 is 19.0 Å². The first-order chi connectivity index (χ1) is 19.0. The van der Waals surface area contributed by atoms with E-state index in [2.05, 4.69) is 25.6 Å². The van der Waals surface area contributed by atoms with Crippen molar-refractivity contribution >= 4 is 40.0 Å². The zero-order valence-electron chi connectivity index (χ0n) is 21.8. The molecule has 4 heterocycles. The Kier molecular flexibility index (Phi) is 8.42. The second-order valence-corrected chi connectivity index (χ2v) is 10.7. The van der Waals surface area contributed by atoms with Gasteiger partial charge in [0.05, 0.1) is 26.0 Å². The van der Waals surface area contributed by atoms with Crippen molar-refractivity contribution in [1.82, 2.24) is 24.8 Å². The number of piperidine rings is 1. The van der Waals surface area contributed by atoms with E-state index in [0.29, 0.717) is 40.2 Å². The number of hydrogen-bond donors (Lipinski definition) is 1. The van der Waals surface area contributed by atoms with Gasteiger partial charge in [0.25, 0.3) is 0 Å². The Morgan fingerprint density at radius 3 is 2.44 bits per heavy atom. The van der Waals surface area contributed by atoms with Gasteiger partial charge in [0.15, 0.2) is 21.9 Å². The van der Waals surface area contributed by atoms with E-state index < -0.39 is 0 Å². The van der Waals surface area contributed by atoms with Gasteiger partial charge in [0.2, 0.25) is 17.7 Å². The van der Waals surface area contributed by atoms with E-state index in [1.807, 2.05) is 41.3 Å². The topological polar surface area (TPSA) is 112 Å². The van der Waals surface area contributed by atoms with Gasteiger partial charge in [-0.3, -0.25) is 4.79 Å². The maximum atomic E-state index is 11.7. The molecule has 1 amide bonds. The molecule has 10 nitrogen and oxygen atoms in total. The molecule has 0 bridgehead atoms. The summed E-state index contributed by atoms with van der Waals surface area (Å²) in [5.41, 5.74) is 1.03. The molecule has 39 heavy (non-hydrogen) atoms. The molecule has 4 aromatic rings. The van der Waals surface area contributed by atoms with Crippen LogP contribution in [0.5, 0.6) is 23.3 Å².